The third-order valence-electron chi connectivity index (χ3n) is 4.87. The first-order valence-electron chi connectivity index (χ1n) is 8.32. The van der Waals surface area contributed by atoms with E-state index in [2.05, 4.69) is 20.1 Å². The van der Waals surface area contributed by atoms with Gasteiger partial charge in [0.1, 0.15) is 5.82 Å². The van der Waals surface area contributed by atoms with E-state index in [-0.39, 0.29) is 5.82 Å². The van der Waals surface area contributed by atoms with E-state index in [1.807, 2.05) is 12.1 Å². The molecule has 0 amide bonds. The molecule has 4 nitrogen and oxygen atoms in total. The Morgan fingerprint density at radius 1 is 1.33 bits per heavy atom. The maximum Gasteiger partial charge on any atom is 0.183 e. The zero-order chi connectivity index (χ0) is 16.5. The molecule has 1 unspecified atom stereocenters. The summed E-state index contributed by atoms with van der Waals surface area (Å²) in [6.07, 6.45) is 4.24. The predicted octanol–water partition coefficient (Wildman–Crippen LogP) is 3.83. The quantitative estimate of drug-likeness (QED) is 0.891. The van der Waals surface area contributed by atoms with Gasteiger partial charge in [-0.25, -0.2) is 9.37 Å². The molecular weight excluding hydrogens is 347 g/mol. The summed E-state index contributed by atoms with van der Waals surface area (Å²) in [5, 5.41) is 3.23. The first-order valence-corrected chi connectivity index (χ1v) is 9.51. The number of nitrogens with zero attached hydrogens (tertiary/aromatic N) is 3. The van der Waals surface area contributed by atoms with Crippen molar-refractivity contribution in [2.75, 3.05) is 36.4 Å². The monoisotopic (exact) mass is 366 g/mol. The summed E-state index contributed by atoms with van der Waals surface area (Å²) in [6.45, 7) is 4.67. The number of thiazole rings is 1. The van der Waals surface area contributed by atoms with E-state index in [0.717, 1.165) is 30.2 Å². The third-order valence-corrected chi connectivity index (χ3v) is 5.98. The van der Waals surface area contributed by atoms with Gasteiger partial charge in [0, 0.05) is 42.4 Å². The molecule has 4 rings (SSSR count). The molecule has 7 heteroatoms. The standard InChI is InChI=1S/C17H20ClFN4S/c18-17-21-10-14(24-17)9-20-12-3-4-16(15(19)8-12)23-7-6-22-5-1-2-13(22)11-23/h3-4,8,10,13,20H,1-2,5-7,9,11H2. The Kier molecular flexibility index (Phi) is 4.61. The van der Waals surface area contributed by atoms with Gasteiger partial charge in [0.25, 0.3) is 0 Å². The van der Waals surface area contributed by atoms with E-state index < -0.39 is 0 Å². The molecule has 1 atom stereocenters. The van der Waals surface area contributed by atoms with Gasteiger partial charge in [-0.1, -0.05) is 11.6 Å². The summed E-state index contributed by atoms with van der Waals surface area (Å²) in [5.41, 5.74) is 1.49. The van der Waals surface area contributed by atoms with Crippen molar-refractivity contribution >= 4 is 34.3 Å². The second kappa shape index (κ2) is 6.86. The molecule has 24 heavy (non-hydrogen) atoms. The zero-order valence-corrected chi connectivity index (χ0v) is 14.9. The first-order chi connectivity index (χ1) is 11.7. The van der Waals surface area contributed by atoms with Gasteiger partial charge < -0.3 is 10.2 Å². The van der Waals surface area contributed by atoms with Crippen LogP contribution in [0.15, 0.2) is 24.4 Å². The number of fused-ring (bicyclic) bond motifs is 1. The van der Waals surface area contributed by atoms with E-state index in [4.69, 9.17) is 11.6 Å². The van der Waals surface area contributed by atoms with Crippen LogP contribution in [0.3, 0.4) is 0 Å². The highest BCUT2D eigenvalue weighted by Crippen LogP contribution is 2.29. The first kappa shape index (κ1) is 16.1. The number of benzene rings is 1. The number of nitrogens with one attached hydrogen (secondary N) is 1. The maximum atomic E-state index is 14.6. The number of halogens is 2. The Hall–Kier alpha value is -1.37. The van der Waals surface area contributed by atoms with Gasteiger partial charge in [-0.3, -0.25) is 4.90 Å². The van der Waals surface area contributed by atoms with Crippen molar-refractivity contribution < 1.29 is 4.39 Å². The van der Waals surface area contributed by atoms with Crippen molar-refractivity contribution in [3.05, 3.63) is 39.6 Å². The number of aromatic nitrogens is 1. The van der Waals surface area contributed by atoms with E-state index in [1.54, 1.807) is 12.3 Å². The van der Waals surface area contributed by atoms with Gasteiger partial charge in [0.2, 0.25) is 0 Å². The molecule has 3 heterocycles. The molecule has 2 aliphatic heterocycles. The van der Waals surface area contributed by atoms with Gasteiger partial charge in [-0.05, 0) is 37.6 Å². The van der Waals surface area contributed by atoms with Crippen LogP contribution in [0.2, 0.25) is 4.47 Å². The number of piperazine rings is 1. The summed E-state index contributed by atoms with van der Waals surface area (Å²) in [7, 11) is 0. The molecular formula is C17H20ClFN4S. The minimum atomic E-state index is -0.159. The lowest BCUT2D eigenvalue weighted by atomic mass is 10.1. The molecule has 1 N–H and O–H groups in total. The minimum Gasteiger partial charge on any atom is -0.380 e. The number of hydrogen-bond acceptors (Lipinski definition) is 5. The lowest BCUT2D eigenvalue weighted by Gasteiger charge is -2.39. The summed E-state index contributed by atoms with van der Waals surface area (Å²) >= 11 is 7.25. The lowest BCUT2D eigenvalue weighted by Crippen LogP contribution is -2.50. The Labute approximate surface area is 150 Å². The Bertz CT molecular complexity index is 722. The number of anilines is 2. The maximum absolute atomic E-state index is 14.6. The number of rotatable bonds is 4. The van der Waals surface area contributed by atoms with Crippen LogP contribution in [-0.2, 0) is 6.54 Å². The molecule has 2 aromatic rings. The third kappa shape index (κ3) is 3.36. The molecule has 0 saturated carbocycles. The topological polar surface area (TPSA) is 31.4 Å². The summed E-state index contributed by atoms with van der Waals surface area (Å²) in [6, 6.07) is 6.01. The molecule has 2 aliphatic rings. The van der Waals surface area contributed by atoms with Crippen molar-refractivity contribution in [3.8, 4) is 0 Å². The SMILES string of the molecule is Fc1cc(NCc2cnc(Cl)s2)ccc1N1CCN2CCCC2C1. The van der Waals surface area contributed by atoms with Gasteiger partial charge in [0.15, 0.2) is 4.47 Å². The highest BCUT2D eigenvalue weighted by Gasteiger charge is 2.31. The fourth-order valence-electron chi connectivity index (χ4n) is 3.64. The van der Waals surface area contributed by atoms with Crippen LogP contribution in [0.5, 0.6) is 0 Å². The van der Waals surface area contributed by atoms with Crippen molar-refractivity contribution in [2.45, 2.75) is 25.4 Å². The van der Waals surface area contributed by atoms with Crippen molar-refractivity contribution in [3.63, 3.8) is 0 Å². The molecule has 1 aromatic carbocycles. The van der Waals surface area contributed by atoms with Crippen LogP contribution < -0.4 is 10.2 Å². The van der Waals surface area contributed by atoms with Crippen LogP contribution >= 0.6 is 22.9 Å². The highest BCUT2D eigenvalue weighted by molar-refractivity contribution is 7.15. The molecule has 0 bridgehead atoms. The smallest absolute Gasteiger partial charge is 0.183 e. The second-order valence-corrected chi connectivity index (χ2v) is 8.07. The molecule has 2 fully saturated rings. The molecule has 0 aliphatic carbocycles. The lowest BCUT2D eigenvalue weighted by molar-refractivity contribution is 0.230. The van der Waals surface area contributed by atoms with E-state index in [9.17, 15) is 4.39 Å². The second-order valence-electron chi connectivity index (χ2n) is 6.38. The minimum absolute atomic E-state index is 0.159. The fourth-order valence-corrected chi connectivity index (χ4v) is 4.56. The largest absolute Gasteiger partial charge is 0.380 e. The average Bonchev–Trinajstić information content (AvgIpc) is 3.21. The molecule has 0 spiro atoms. The van der Waals surface area contributed by atoms with Crippen molar-refractivity contribution in [1.82, 2.24) is 9.88 Å². The fraction of sp³-hybridized carbons (Fsp3) is 0.471. The van der Waals surface area contributed by atoms with Crippen LogP contribution in [-0.4, -0.2) is 42.1 Å². The van der Waals surface area contributed by atoms with Gasteiger partial charge in [-0.15, -0.1) is 11.3 Å². The Morgan fingerprint density at radius 2 is 2.25 bits per heavy atom. The van der Waals surface area contributed by atoms with Gasteiger partial charge >= 0.3 is 0 Å². The summed E-state index contributed by atoms with van der Waals surface area (Å²) < 4.78 is 15.1. The van der Waals surface area contributed by atoms with E-state index >= 15 is 0 Å². The van der Waals surface area contributed by atoms with E-state index in [0.29, 0.717) is 22.7 Å². The molecule has 128 valence electrons. The van der Waals surface area contributed by atoms with Crippen LogP contribution in [0.1, 0.15) is 17.7 Å². The van der Waals surface area contributed by atoms with Crippen molar-refractivity contribution in [2.24, 2.45) is 0 Å². The highest BCUT2D eigenvalue weighted by atomic mass is 35.5. The average molecular weight is 367 g/mol. The van der Waals surface area contributed by atoms with Crippen LogP contribution in [0.25, 0.3) is 0 Å². The Balaban J connectivity index is 1.42. The zero-order valence-electron chi connectivity index (χ0n) is 13.3. The van der Waals surface area contributed by atoms with Crippen molar-refractivity contribution in [1.29, 1.82) is 0 Å². The molecule has 1 aromatic heterocycles. The van der Waals surface area contributed by atoms with Gasteiger partial charge in [0.05, 0.1) is 12.2 Å². The number of hydrogen-bond donors (Lipinski definition) is 1. The summed E-state index contributed by atoms with van der Waals surface area (Å²) in [4.78, 5) is 9.76. The van der Waals surface area contributed by atoms with Crippen LogP contribution in [0.4, 0.5) is 15.8 Å². The predicted molar refractivity (Wildman–Crippen MR) is 97.7 cm³/mol. The van der Waals surface area contributed by atoms with E-state index in [1.165, 1.54) is 30.7 Å². The normalized spacial score (nSPS) is 21.1. The summed E-state index contributed by atoms with van der Waals surface area (Å²) in [5.74, 6) is -0.159. The molecule has 2 saturated heterocycles. The molecule has 0 radical (unpaired) electrons. The van der Waals surface area contributed by atoms with Crippen LogP contribution in [0, 0.1) is 5.82 Å². The Morgan fingerprint density at radius 3 is 3.04 bits per heavy atom. The van der Waals surface area contributed by atoms with Gasteiger partial charge in [-0.2, -0.15) is 0 Å².